The molecule has 158 valence electrons. The molecule has 0 saturated heterocycles. The van der Waals surface area contributed by atoms with Gasteiger partial charge in [-0.15, -0.1) is 0 Å². The van der Waals surface area contributed by atoms with Crippen LogP contribution >= 0.6 is 0 Å². The van der Waals surface area contributed by atoms with Crippen LogP contribution in [0.25, 0.3) is 5.69 Å². The minimum absolute atomic E-state index is 0.163. The molecule has 1 unspecified atom stereocenters. The number of benzene rings is 2. The molecule has 1 amide bonds. The maximum Gasteiger partial charge on any atom is 0.251 e. The van der Waals surface area contributed by atoms with Crippen molar-refractivity contribution in [3.63, 3.8) is 0 Å². The van der Waals surface area contributed by atoms with Crippen LogP contribution in [0.15, 0.2) is 65.7 Å². The smallest absolute Gasteiger partial charge is 0.251 e. The van der Waals surface area contributed by atoms with Crippen molar-refractivity contribution in [1.29, 1.82) is 0 Å². The monoisotopic (exact) mass is 417 g/mol. The molecule has 0 aliphatic carbocycles. The second kappa shape index (κ2) is 8.83. The molecule has 1 N–H and O–H groups in total. The molecular formula is C23H23N5O3. The van der Waals surface area contributed by atoms with Gasteiger partial charge < -0.3 is 14.6 Å². The van der Waals surface area contributed by atoms with E-state index in [1.54, 1.807) is 29.2 Å². The summed E-state index contributed by atoms with van der Waals surface area (Å²) < 4.78 is 12.7. The standard InChI is InChI=1S/C23H23N5O3/c1-15(18-7-9-20(10-8-18)28-14-24-13-25-28)26-23(29)19-5-4-6-21(11-19)30-12-22-16(2)27-31-17(22)3/h4-11,13-15H,12H2,1-3H3,(H,26,29). The highest BCUT2D eigenvalue weighted by Gasteiger charge is 2.14. The van der Waals surface area contributed by atoms with Gasteiger partial charge in [-0.25, -0.2) is 9.67 Å². The summed E-state index contributed by atoms with van der Waals surface area (Å²) in [4.78, 5) is 16.7. The number of carbonyl (C=O) groups excluding carboxylic acids is 1. The van der Waals surface area contributed by atoms with Crippen molar-refractivity contribution in [3.05, 3.63) is 89.3 Å². The second-order valence-electron chi connectivity index (χ2n) is 7.25. The van der Waals surface area contributed by atoms with E-state index in [0.29, 0.717) is 17.9 Å². The summed E-state index contributed by atoms with van der Waals surface area (Å²) >= 11 is 0. The third-order valence-corrected chi connectivity index (χ3v) is 5.08. The predicted molar refractivity (Wildman–Crippen MR) is 114 cm³/mol. The highest BCUT2D eigenvalue weighted by atomic mass is 16.5. The van der Waals surface area contributed by atoms with E-state index in [4.69, 9.17) is 9.26 Å². The fourth-order valence-electron chi connectivity index (χ4n) is 3.21. The van der Waals surface area contributed by atoms with Gasteiger partial charge in [-0.2, -0.15) is 5.10 Å². The fourth-order valence-corrected chi connectivity index (χ4v) is 3.21. The summed E-state index contributed by atoms with van der Waals surface area (Å²) in [5.74, 6) is 1.17. The van der Waals surface area contributed by atoms with Crippen molar-refractivity contribution in [3.8, 4) is 11.4 Å². The van der Waals surface area contributed by atoms with E-state index in [1.165, 1.54) is 6.33 Å². The number of rotatable bonds is 7. The molecule has 0 spiro atoms. The zero-order chi connectivity index (χ0) is 21.8. The molecule has 1 atom stereocenters. The molecule has 4 aromatic rings. The number of nitrogens with one attached hydrogen (secondary N) is 1. The van der Waals surface area contributed by atoms with Crippen molar-refractivity contribution < 1.29 is 14.1 Å². The van der Waals surface area contributed by atoms with Gasteiger partial charge in [-0.05, 0) is 56.7 Å². The Morgan fingerprint density at radius 3 is 2.68 bits per heavy atom. The Morgan fingerprint density at radius 1 is 1.19 bits per heavy atom. The molecule has 2 heterocycles. The lowest BCUT2D eigenvalue weighted by atomic mass is 10.1. The Bertz CT molecular complexity index is 1150. The lowest BCUT2D eigenvalue weighted by Gasteiger charge is -2.15. The van der Waals surface area contributed by atoms with Crippen LogP contribution < -0.4 is 10.1 Å². The van der Waals surface area contributed by atoms with Gasteiger partial charge in [-0.3, -0.25) is 4.79 Å². The topological polar surface area (TPSA) is 95.1 Å². The number of ether oxygens (including phenoxy) is 1. The fraction of sp³-hybridized carbons (Fsp3) is 0.217. The SMILES string of the molecule is Cc1noc(C)c1COc1cccc(C(=O)NC(C)c2ccc(-n3cncn3)cc2)c1. The number of hydrogen-bond donors (Lipinski definition) is 1. The van der Waals surface area contributed by atoms with Crippen LogP contribution in [0.5, 0.6) is 5.75 Å². The average molecular weight is 417 g/mol. The molecule has 0 saturated carbocycles. The predicted octanol–water partition coefficient (Wildman–Crippen LogP) is 3.94. The quantitative estimate of drug-likeness (QED) is 0.489. The van der Waals surface area contributed by atoms with Gasteiger partial charge >= 0.3 is 0 Å². The molecule has 31 heavy (non-hydrogen) atoms. The molecule has 0 bridgehead atoms. The van der Waals surface area contributed by atoms with E-state index < -0.39 is 0 Å². The van der Waals surface area contributed by atoms with Gasteiger partial charge in [0.15, 0.2) is 0 Å². The highest BCUT2D eigenvalue weighted by molar-refractivity contribution is 5.94. The molecule has 8 heteroatoms. The lowest BCUT2D eigenvalue weighted by Crippen LogP contribution is -2.26. The number of aryl methyl sites for hydroxylation is 2. The van der Waals surface area contributed by atoms with E-state index >= 15 is 0 Å². The Morgan fingerprint density at radius 2 is 2.00 bits per heavy atom. The first-order chi connectivity index (χ1) is 15.0. The van der Waals surface area contributed by atoms with Gasteiger partial charge in [0.25, 0.3) is 5.91 Å². The minimum atomic E-state index is -0.171. The van der Waals surface area contributed by atoms with E-state index in [0.717, 1.165) is 28.3 Å². The van der Waals surface area contributed by atoms with Gasteiger partial charge in [0, 0.05) is 5.56 Å². The summed E-state index contributed by atoms with van der Waals surface area (Å²) in [6.07, 6.45) is 3.13. The summed E-state index contributed by atoms with van der Waals surface area (Å²) in [6.45, 7) is 6.00. The van der Waals surface area contributed by atoms with Crippen LogP contribution in [0.3, 0.4) is 0 Å². The average Bonchev–Trinajstić information content (AvgIpc) is 3.43. The Kier molecular flexibility index (Phi) is 5.79. The first-order valence-corrected chi connectivity index (χ1v) is 9.91. The maximum atomic E-state index is 12.8. The second-order valence-corrected chi connectivity index (χ2v) is 7.25. The lowest BCUT2D eigenvalue weighted by molar-refractivity contribution is 0.0939. The molecule has 0 radical (unpaired) electrons. The van der Waals surface area contributed by atoms with Crippen molar-refractivity contribution in [2.45, 2.75) is 33.4 Å². The van der Waals surface area contributed by atoms with Crippen LogP contribution in [-0.2, 0) is 6.61 Å². The summed E-state index contributed by atoms with van der Waals surface area (Å²) in [6, 6.07) is 14.8. The summed E-state index contributed by atoms with van der Waals surface area (Å²) in [5.41, 5.74) is 4.14. The summed E-state index contributed by atoms with van der Waals surface area (Å²) in [5, 5.41) is 11.1. The third kappa shape index (κ3) is 4.63. The van der Waals surface area contributed by atoms with E-state index in [-0.39, 0.29) is 11.9 Å². The van der Waals surface area contributed by atoms with Gasteiger partial charge in [0.05, 0.1) is 23.0 Å². The first-order valence-electron chi connectivity index (χ1n) is 9.91. The Labute approximate surface area is 179 Å². The van der Waals surface area contributed by atoms with Crippen LogP contribution in [0.1, 0.15) is 45.9 Å². The zero-order valence-corrected chi connectivity index (χ0v) is 17.6. The molecule has 0 aliphatic rings. The molecule has 2 aromatic carbocycles. The van der Waals surface area contributed by atoms with E-state index in [2.05, 4.69) is 20.6 Å². The highest BCUT2D eigenvalue weighted by Crippen LogP contribution is 2.20. The van der Waals surface area contributed by atoms with Crippen LogP contribution in [0.2, 0.25) is 0 Å². The Hall–Kier alpha value is -3.94. The van der Waals surface area contributed by atoms with Crippen molar-refractivity contribution >= 4 is 5.91 Å². The minimum Gasteiger partial charge on any atom is -0.489 e. The van der Waals surface area contributed by atoms with Gasteiger partial charge in [0.2, 0.25) is 0 Å². The van der Waals surface area contributed by atoms with Gasteiger partial charge in [0.1, 0.15) is 30.8 Å². The number of amides is 1. The zero-order valence-electron chi connectivity index (χ0n) is 17.6. The Balaban J connectivity index is 1.39. The van der Waals surface area contributed by atoms with E-state index in [1.807, 2.05) is 51.1 Å². The molecule has 0 aliphatic heterocycles. The van der Waals surface area contributed by atoms with Crippen LogP contribution in [0, 0.1) is 13.8 Å². The summed E-state index contributed by atoms with van der Waals surface area (Å²) in [7, 11) is 0. The number of carbonyl (C=O) groups is 1. The molecule has 0 fully saturated rings. The van der Waals surface area contributed by atoms with Crippen molar-refractivity contribution in [2.75, 3.05) is 0 Å². The molecule has 8 nitrogen and oxygen atoms in total. The molecule has 2 aromatic heterocycles. The van der Waals surface area contributed by atoms with Crippen molar-refractivity contribution in [1.82, 2.24) is 25.2 Å². The van der Waals surface area contributed by atoms with Crippen LogP contribution in [0.4, 0.5) is 0 Å². The largest absolute Gasteiger partial charge is 0.489 e. The van der Waals surface area contributed by atoms with Crippen LogP contribution in [-0.4, -0.2) is 25.8 Å². The number of aromatic nitrogens is 4. The number of hydrogen-bond acceptors (Lipinski definition) is 6. The molecule has 4 rings (SSSR count). The molecular weight excluding hydrogens is 394 g/mol. The van der Waals surface area contributed by atoms with Crippen molar-refractivity contribution in [2.24, 2.45) is 0 Å². The number of nitrogens with zero attached hydrogens (tertiary/aromatic N) is 4. The first kappa shape index (κ1) is 20.3. The van der Waals surface area contributed by atoms with Gasteiger partial charge in [-0.1, -0.05) is 23.4 Å². The normalized spacial score (nSPS) is 11.8. The maximum absolute atomic E-state index is 12.8. The third-order valence-electron chi connectivity index (χ3n) is 5.08. The van der Waals surface area contributed by atoms with E-state index in [9.17, 15) is 4.79 Å².